The highest BCUT2D eigenvalue weighted by atomic mass is 35.5. The molecule has 3 aliphatic rings. The summed E-state index contributed by atoms with van der Waals surface area (Å²) < 4.78 is 30.7. The van der Waals surface area contributed by atoms with Gasteiger partial charge in [0.15, 0.2) is 15.2 Å². The molecule has 158 valence electrons. The van der Waals surface area contributed by atoms with Crippen molar-refractivity contribution in [3.8, 4) is 0 Å². The fourth-order valence-corrected chi connectivity index (χ4v) is 6.77. The summed E-state index contributed by atoms with van der Waals surface area (Å²) in [6.45, 7) is 0. The van der Waals surface area contributed by atoms with Crippen molar-refractivity contribution in [1.29, 1.82) is 0 Å². The second-order valence-electron chi connectivity index (χ2n) is 6.53. The Hall–Kier alpha value is 0.290. The molecule has 0 aromatic rings. The predicted octanol–water partition coefficient (Wildman–Crippen LogP) is 8.20. The fraction of sp³-hybridized carbons (Fsp3) is 0.333. The maximum absolute atomic E-state index is 13.7. The highest BCUT2D eigenvalue weighted by molar-refractivity contribution is 7.48. The first-order valence-corrected chi connectivity index (χ1v) is 12.1. The molecule has 3 rings (SSSR count). The zero-order valence-corrected chi connectivity index (χ0v) is 20.1. The van der Waals surface area contributed by atoms with Crippen LogP contribution in [0.1, 0.15) is 19.3 Å². The van der Waals surface area contributed by atoms with E-state index in [2.05, 4.69) is 0 Å². The Balaban J connectivity index is 1.90. The molecule has 4 nitrogen and oxygen atoms in total. The van der Waals surface area contributed by atoms with Crippen LogP contribution < -0.4 is 0 Å². The van der Waals surface area contributed by atoms with E-state index in [1.807, 2.05) is 0 Å². The van der Waals surface area contributed by atoms with Crippen LogP contribution in [-0.2, 0) is 18.1 Å². The lowest BCUT2D eigenvalue weighted by atomic mass is 10.1. The van der Waals surface area contributed by atoms with Gasteiger partial charge in [-0.15, -0.1) is 0 Å². The smallest absolute Gasteiger partial charge is 0.260 e. The molecule has 0 radical (unpaired) electrons. The average Bonchev–Trinajstić information content (AvgIpc) is 2.51. The van der Waals surface area contributed by atoms with Crippen LogP contribution in [0.5, 0.6) is 0 Å². The maximum Gasteiger partial charge on any atom is 0.480 e. The SMILES string of the molecule is O=P(OC1(Cl)C=CC=C(Cl)C1)(OC1(Cl)C=CC=C(Cl)C1)OC1(Cl)C=CC=C(Cl)C1. The molecule has 0 N–H and O–H groups in total. The van der Waals surface area contributed by atoms with Gasteiger partial charge >= 0.3 is 7.82 Å². The number of hydrogen-bond donors (Lipinski definition) is 0. The molecule has 3 aliphatic carbocycles. The second-order valence-corrected chi connectivity index (χ2v) is 11.3. The van der Waals surface area contributed by atoms with E-state index in [0.717, 1.165) is 0 Å². The minimum absolute atomic E-state index is 0.0287. The summed E-state index contributed by atoms with van der Waals surface area (Å²) in [6, 6.07) is 0. The Kier molecular flexibility index (Phi) is 7.46. The Labute approximate surface area is 198 Å². The van der Waals surface area contributed by atoms with Gasteiger partial charge in [-0.2, -0.15) is 0 Å². The molecule has 0 saturated carbocycles. The van der Waals surface area contributed by atoms with E-state index in [1.54, 1.807) is 36.5 Å². The normalized spacial score (nSPS) is 36.3. The first-order chi connectivity index (χ1) is 13.4. The van der Waals surface area contributed by atoms with Gasteiger partial charge in [-0.25, -0.2) is 4.57 Å². The van der Waals surface area contributed by atoms with Crippen molar-refractivity contribution in [2.75, 3.05) is 0 Å². The third-order valence-electron chi connectivity index (χ3n) is 3.89. The molecule has 0 aromatic heterocycles. The molecule has 0 bridgehead atoms. The van der Waals surface area contributed by atoms with Crippen LogP contribution >= 0.6 is 77.4 Å². The lowest BCUT2D eigenvalue weighted by Gasteiger charge is -2.37. The van der Waals surface area contributed by atoms with E-state index in [9.17, 15) is 4.57 Å². The predicted molar refractivity (Wildman–Crippen MR) is 120 cm³/mol. The first kappa shape index (κ1) is 23.9. The van der Waals surface area contributed by atoms with Crippen LogP contribution in [0.3, 0.4) is 0 Å². The highest BCUT2D eigenvalue weighted by Gasteiger charge is 2.49. The Morgan fingerprint density at radius 3 is 1.17 bits per heavy atom. The monoisotopic (exact) mass is 536 g/mol. The average molecular weight is 539 g/mol. The van der Waals surface area contributed by atoms with Crippen LogP contribution in [0.15, 0.2) is 69.8 Å². The van der Waals surface area contributed by atoms with Crippen LogP contribution in [0.2, 0.25) is 0 Å². The number of phosphoric acid groups is 1. The van der Waals surface area contributed by atoms with Crippen LogP contribution in [0.4, 0.5) is 0 Å². The van der Waals surface area contributed by atoms with Gasteiger partial charge in [0.1, 0.15) is 0 Å². The first-order valence-electron chi connectivity index (χ1n) is 8.33. The molecule has 0 aliphatic heterocycles. The van der Waals surface area contributed by atoms with Crippen molar-refractivity contribution in [2.45, 2.75) is 34.4 Å². The maximum atomic E-state index is 13.7. The summed E-state index contributed by atoms with van der Waals surface area (Å²) in [5.41, 5.74) is 0. The number of phosphoric ester groups is 1. The van der Waals surface area contributed by atoms with Crippen molar-refractivity contribution in [1.82, 2.24) is 0 Å². The molecule has 0 spiro atoms. The standard InChI is InChI=1S/C18H15Cl6O4P/c19-13-4-1-7-16(22,10-13)26-29(25,27-17(23)8-2-5-14(20)11-17)28-18(24)9-3-6-15(21)12-18/h1-9H,10-12H2. The van der Waals surface area contributed by atoms with Gasteiger partial charge in [0.2, 0.25) is 0 Å². The molecule has 3 unspecified atom stereocenters. The Morgan fingerprint density at radius 1 is 0.655 bits per heavy atom. The van der Waals surface area contributed by atoms with Crippen molar-refractivity contribution in [3.63, 3.8) is 0 Å². The molecular weight excluding hydrogens is 524 g/mol. The summed E-state index contributed by atoms with van der Waals surface area (Å²) in [5, 5.41) is -3.62. The summed E-state index contributed by atoms with van der Waals surface area (Å²) in [5.74, 6) is 0. The summed E-state index contributed by atoms with van der Waals surface area (Å²) >= 11 is 37.6. The van der Waals surface area contributed by atoms with Gasteiger partial charge in [0, 0.05) is 34.4 Å². The number of alkyl halides is 3. The molecule has 0 heterocycles. The summed E-state index contributed by atoms with van der Waals surface area (Å²) in [7, 11) is -4.51. The largest absolute Gasteiger partial charge is 0.480 e. The highest BCUT2D eigenvalue weighted by Crippen LogP contribution is 2.63. The number of allylic oxidation sites excluding steroid dienone is 6. The summed E-state index contributed by atoms with van der Waals surface area (Å²) in [4.78, 5) is 0. The molecule has 11 heteroatoms. The molecule has 0 fully saturated rings. The number of rotatable bonds is 6. The van der Waals surface area contributed by atoms with E-state index >= 15 is 0 Å². The molecule has 0 amide bonds. The zero-order chi connectivity index (χ0) is 21.3. The zero-order valence-electron chi connectivity index (χ0n) is 14.7. The molecule has 0 aromatic carbocycles. The van der Waals surface area contributed by atoms with Gasteiger partial charge in [-0.05, 0) is 36.5 Å². The molecule has 0 saturated heterocycles. The minimum Gasteiger partial charge on any atom is -0.260 e. The van der Waals surface area contributed by atoms with Crippen LogP contribution in [-0.4, -0.2) is 15.2 Å². The lowest BCUT2D eigenvalue weighted by molar-refractivity contribution is 0.0308. The van der Waals surface area contributed by atoms with E-state index in [-0.39, 0.29) is 19.3 Å². The van der Waals surface area contributed by atoms with Gasteiger partial charge in [-0.3, -0.25) is 13.6 Å². The fourth-order valence-electron chi connectivity index (χ4n) is 2.73. The van der Waals surface area contributed by atoms with E-state index < -0.39 is 23.0 Å². The quantitative estimate of drug-likeness (QED) is 0.252. The summed E-state index contributed by atoms with van der Waals surface area (Å²) in [6.07, 6.45) is 14.1. The van der Waals surface area contributed by atoms with Crippen molar-refractivity contribution in [2.24, 2.45) is 0 Å². The molecule has 3 atom stereocenters. The Bertz CT molecular complexity index is 796. The third kappa shape index (κ3) is 6.63. The minimum atomic E-state index is -4.51. The second kappa shape index (κ2) is 9.03. The molecule has 29 heavy (non-hydrogen) atoms. The van der Waals surface area contributed by atoms with E-state index in [1.165, 1.54) is 18.2 Å². The van der Waals surface area contributed by atoms with Gasteiger partial charge < -0.3 is 0 Å². The van der Waals surface area contributed by atoms with Crippen LogP contribution in [0, 0.1) is 0 Å². The third-order valence-corrected chi connectivity index (χ3v) is 7.65. The lowest BCUT2D eigenvalue weighted by Crippen LogP contribution is -2.32. The van der Waals surface area contributed by atoms with Gasteiger partial charge in [0.05, 0.1) is 0 Å². The Morgan fingerprint density at radius 2 is 0.931 bits per heavy atom. The van der Waals surface area contributed by atoms with Crippen molar-refractivity contribution >= 4 is 77.4 Å². The van der Waals surface area contributed by atoms with Crippen molar-refractivity contribution < 1.29 is 18.1 Å². The van der Waals surface area contributed by atoms with Gasteiger partial charge in [-0.1, -0.05) is 87.8 Å². The van der Waals surface area contributed by atoms with Crippen molar-refractivity contribution in [3.05, 3.63) is 69.8 Å². The van der Waals surface area contributed by atoms with E-state index in [4.69, 9.17) is 83.2 Å². The van der Waals surface area contributed by atoms with Crippen LogP contribution in [0.25, 0.3) is 0 Å². The van der Waals surface area contributed by atoms with Gasteiger partial charge in [0.25, 0.3) is 0 Å². The number of halogens is 6. The molecular formula is C18H15Cl6O4P. The topological polar surface area (TPSA) is 44.8 Å². The van der Waals surface area contributed by atoms with E-state index in [0.29, 0.717) is 15.1 Å². The number of hydrogen-bond acceptors (Lipinski definition) is 4.